The molecule has 0 saturated heterocycles. The molecule has 0 aliphatic rings. The molecule has 1 atom stereocenters. The van der Waals surface area contributed by atoms with Gasteiger partial charge in [0.05, 0.1) is 6.61 Å². The zero-order valence-electron chi connectivity index (χ0n) is 11.7. The third-order valence-electron chi connectivity index (χ3n) is 3.07. The van der Waals surface area contributed by atoms with E-state index in [4.69, 9.17) is 4.74 Å². The third-order valence-corrected chi connectivity index (χ3v) is 3.07. The number of hydrogen-bond donors (Lipinski definition) is 1. The van der Waals surface area contributed by atoms with Crippen molar-refractivity contribution in [1.82, 2.24) is 5.32 Å². The second-order valence-electron chi connectivity index (χ2n) is 4.98. The molecule has 1 aromatic rings. The molecule has 3 heteroatoms. The Morgan fingerprint density at radius 3 is 2.39 bits per heavy atom. The number of nitrogens with one attached hydrogen (secondary N) is 1. The second-order valence-corrected chi connectivity index (χ2v) is 4.98. The minimum absolute atomic E-state index is 0.104. The van der Waals surface area contributed by atoms with Gasteiger partial charge in [-0.2, -0.15) is 0 Å². The Kier molecular flexibility index (Phi) is 5.35. The molecule has 0 amide bonds. The number of ether oxygens (including phenoxy) is 1. The highest BCUT2D eigenvalue weighted by molar-refractivity contribution is 5.77. The van der Waals surface area contributed by atoms with Crippen LogP contribution in [-0.2, 0) is 9.53 Å². The fourth-order valence-corrected chi connectivity index (χ4v) is 1.64. The summed E-state index contributed by atoms with van der Waals surface area (Å²) in [5, 5.41) is 3.37. The molecule has 0 bridgehead atoms. The Balaban J connectivity index is 2.93. The van der Waals surface area contributed by atoms with E-state index < -0.39 is 6.04 Å². The van der Waals surface area contributed by atoms with Crippen molar-refractivity contribution in [3.05, 3.63) is 35.9 Å². The molecule has 3 nitrogen and oxygen atoms in total. The summed E-state index contributed by atoms with van der Waals surface area (Å²) in [7, 11) is 0. The van der Waals surface area contributed by atoms with Crippen molar-refractivity contribution in [1.29, 1.82) is 0 Å². The Bertz CT molecular complexity index is 373. The van der Waals surface area contributed by atoms with Gasteiger partial charge in [0, 0.05) is 5.54 Å². The summed E-state index contributed by atoms with van der Waals surface area (Å²) >= 11 is 0. The lowest BCUT2D eigenvalue weighted by molar-refractivity contribution is -0.146. The topological polar surface area (TPSA) is 38.3 Å². The van der Waals surface area contributed by atoms with Crippen LogP contribution < -0.4 is 5.32 Å². The van der Waals surface area contributed by atoms with E-state index in [9.17, 15) is 4.79 Å². The third kappa shape index (κ3) is 4.15. The second kappa shape index (κ2) is 6.55. The van der Waals surface area contributed by atoms with Gasteiger partial charge in [0.15, 0.2) is 0 Å². The van der Waals surface area contributed by atoms with Crippen LogP contribution in [0.1, 0.15) is 45.7 Å². The van der Waals surface area contributed by atoms with Crippen LogP contribution in [-0.4, -0.2) is 18.1 Å². The van der Waals surface area contributed by atoms with Crippen molar-refractivity contribution in [3.63, 3.8) is 0 Å². The number of hydrogen-bond acceptors (Lipinski definition) is 3. The number of carbonyl (C=O) groups is 1. The highest BCUT2D eigenvalue weighted by atomic mass is 16.5. The fraction of sp³-hybridized carbons (Fsp3) is 0.533. The summed E-state index contributed by atoms with van der Waals surface area (Å²) in [4.78, 5) is 12.1. The quantitative estimate of drug-likeness (QED) is 0.787. The molecule has 0 aliphatic carbocycles. The van der Waals surface area contributed by atoms with E-state index in [1.54, 1.807) is 0 Å². The van der Waals surface area contributed by atoms with E-state index in [0.29, 0.717) is 6.61 Å². The zero-order valence-corrected chi connectivity index (χ0v) is 11.7. The molecular weight excluding hydrogens is 226 g/mol. The average Bonchev–Trinajstić information content (AvgIpc) is 2.37. The van der Waals surface area contributed by atoms with Crippen molar-refractivity contribution >= 4 is 5.97 Å². The maximum absolute atomic E-state index is 12.1. The van der Waals surface area contributed by atoms with E-state index in [1.807, 2.05) is 37.3 Å². The van der Waals surface area contributed by atoms with Gasteiger partial charge in [-0.1, -0.05) is 37.3 Å². The Morgan fingerprint density at radius 1 is 1.28 bits per heavy atom. The first-order chi connectivity index (χ1) is 8.50. The predicted octanol–water partition coefficient (Wildman–Crippen LogP) is 3.07. The van der Waals surface area contributed by atoms with Gasteiger partial charge in [-0.15, -0.1) is 0 Å². The van der Waals surface area contributed by atoms with Crippen molar-refractivity contribution in [2.45, 2.75) is 45.7 Å². The molecule has 1 N–H and O–H groups in total. The molecule has 1 aromatic carbocycles. The molecule has 0 spiro atoms. The maximum Gasteiger partial charge on any atom is 0.327 e. The first kappa shape index (κ1) is 14.7. The van der Waals surface area contributed by atoms with E-state index in [-0.39, 0.29) is 11.5 Å². The van der Waals surface area contributed by atoms with Crippen LogP contribution >= 0.6 is 0 Å². The van der Waals surface area contributed by atoms with Crippen LogP contribution in [0, 0.1) is 0 Å². The Morgan fingerprint density at radius 2 is 1.89 bits per heavy atom. The Labute approximate surface area is 110 Å². The monoisotopic (exact) mass is 249 g/mol. The SMILES string of the molecule is CCOC(=O)C(NC(C)(C)CC)c1ccccc1. The smallest absolute Gasteiger partial charge is 0.327 e. The van der Waals surface area contributed by atoms with Crippen LogP contribution in [0.3, 0.4) is 0 Å². The summed E-state index contributed by atoms with van der Waals surface area (Å²) in [5.41, 5.74) is 0.838. The lowest BCUT2D eigenvalue weighted by atomic mass is 9.97. The molecule has 18 heavy (non-hydrogen) atoms. The zero-order chi connectivity index (χ0) is 13.6. The van der Waals surface area contributed by atoms with Gasteiger partial charge in [0.25, 0.3) is 0 Å². The molecule has 1 unspecified atom stereocenters. The van der Waals surface area contributed by atoms with Gasteiger partial charge < -0.3 is 4.74 Å². The minimum Gasteiger partial charge on any atom is -0.465 e. The van der Waals surface area contributed by atoms with Gasteiger partial charge in [0.1, 0.15) is 6.04 Å². The first-order valence-electron chi connectivity index (χ1n) is 6.49. The summed E-state index contributed by atoms with van der Waals surface area (Å²) in [6, 6.07) is 9.29. The van der Waals surface area contributed by atoms with Crippen LogP contribution in [0.25, 0.3) is 0 Å². The maximum atomic E-state index is 12.1. The molecule has 0 aromatic heterocycles. The van der Waals surface area contributed by atoms with E-state index >= 15 is 0 Å². The summed E-state index contributed by atoms with van der Waals surface area (Å²) in [6.45, 7) is 8.49. The summed E-state index contributed by atoms with van der Waals surface area (Å²) in [6.07, 6.45) is 0.940. The molecule has 1 rings (SSSR count). The van der Waals surface area contributed by atoms with Crippen LogP contribution in [0.2, 0.25) is 0 Å². The van der Waals surface area contributed by atoms with Crippen molar-refractivity contribution < 1.29 is 9.53 Å². The number of benzene rings is 1. The van der Waals surface area contributed by atoms with Crippen LogP contribution in [0.5, 0.6) is 0 Å². The van der Waals surface area contributed by atoms with Gasteiger partial charge in [-0.3, -0.25) is 5.32 Å². The molecule has 0 aliphatic heterocycles. The van der Waals surface area contributed by atoms with E-state index in [2.05, 4.69) is 26.1 Å². The van der Waals surface area contributed by atoms with Crippen molar-refractivity contribution in [3.8, 4) is 0 Å². The normalized spacial score (nSPS) is 13.1. The number of carbonyl (C=O) groups excluding carboxylic acids is 1. The van der Waals surface area contributed by atoms with Crippen molar-refractivity contribution in [2.24, 2.45) is 0 Å². The lowest BCUT2D eigenvalue weighted by Gasteiger charge is -2.30. The Hall–Kier alpha value is -1.35. The van der Waals surface area contributed by atoms with Gasteiger partial charge in [0.2, 0.25) is 0 Å². The number of esters is 1. The number of rotatable bonds is 6. The largest absolute Gasteiger partial charge is 0.465 e. The average molecular weight is 249 g/mol. The van der Waals surface area contributed by atoms with Crippen molar-refractivity contribution in [2.75, 3.05) is 6.61 Å². The van der Waals surface area contributed by atoms with E-state index in [1.165, 1.54) is 0 Å². The fourth-order valence-electron chi connectivity index (χ4n) is 1.64. The first-order valence-corrected chi connectivity index (χ1v) is 6.49. The standard InChI is InChI=1S/C15H23NO2/c1-5-15(3,4)16-13(14(17)18-6-2)12-10-8-7-9-11-12/h7-11,13,16H,5-6H2,1-4H3. The molecule has 0 heterocycles. The van der Waals surface area contributed by atoms with Crippen LogP contribution in [0.4, 0.5) is 0 Å². The van der Waals surface area contributed by atoms with E-state index in [0.717, 1.165) is 12.0 Å². The molecule has 0 radical (unpaired) electrons. The lowest BCUT2D eigenvalue weighted by Crippen LogP contribution is -2.44. The molecular formula is C15H23NO2. The van der Waals surface area contributed by atoms with Gasteiger partial charge in [-0.25, -0.2) is 4.79 Å². The highest BCUT2D eigenvalue weighted by Crippen LogP contribution is 2.20. The molecule has 0 saturated carbocycles. The minimum atomic E-state index is -0.402. The van der Waals surface area contributed by atoms with Gasteiger partial charge in [-0.05, 0) is 32.8 Å². The highest BCUT2D eigenvalue weighted by Gasteiger charge is 2.27. The summed E-state index contributed by atoms with van der Waals surface area (Å²) in [5.74, 6) is -0.217. The summed E-state index contributed by atoms with van der Waals surface area (Å²) < 4.78 is 5.15. The predicted molar refractivity (Wildman–Crippen MR) is 73.3 cm³/mol. The van der Waals surface area contributed by atoms with Crippen LogP contribution in [0.15, 0.2) is 30.3 Å². The molecule has 0 fully saturated rings. The van der Waals surface area contributed by atoms with Gasteiger partial charge >= 0.3 is 5.97 Å². The molecule has 100 valence electrons.